The second-order valence-corrected chi connectivity index (χ2v) is 2.74. The standard InChI is InChI=1S/C7H10N4O/c12-7(10-3-1-8-5-10)11-4-2-9-6-11/h1-2H,3-6H2. The number of hydrogen-bond acceptors (Lipinski definition) is 3. The van der Waals surface area contributed by atoms with E-state index in [-0.39, 0.29) is 6.03 Å². The van der Waals surface area contributed by atoms with Crippen molar-refractivity contribution < 1.29 is 4.79 Å². The fourth-order valence-corrected chi connectivity index (χ4v) is 1.22. The van der Waals surface area contributed by atoms with Crippen LogP contribution in [0.4, 0.5) is 4.79 Å². The molecule has 0 aliphatic carbocycles. The van der Waals surface area contributed by atoms with Gasteiger partial charge in [0.05, 0.1) is 13.1 Å². The number of urea groups is 1. The highest BCUT2D eigenvalue weighted by Crippen LogP contribution is 2.04. The summed E-state index contributed by atoms with van der Waals surface area (Å²) in [6.07, 6.45) is 3.52. The molecule has 0 bridgehead atoms. The summed E-state index contributed by atoms with van der Waals surface area (Å²) in [5.74, 6) is 0. The normalized spacial score (nSPS) is 21.0. The fraction of sp³-hybridized carbons (Fsp3) is 0.571. The zero-order valence-corrected chi connectivity index (χ0v) is 6.68. The molecule has 5 heteroatoms. The van der Waals surface area contributed by atoms with Crippen molar-refractivity contribution in [3.05, 3.63) is 0 Å². The van der Waals surface area contributed by atoms with E-state index in [1.807, 2.05) is 0 Å². The van der Waals surface area contributed by atoms with Gasteiger partial charge in [0.1, 0.15) is 13.3 Å². The molecule has 12 heavy (non-hydrogen) atoms. The molecule has 0 unspecified atom stereocenters. The van der Waals surface area contributed by atoms with Crippen LogP contribution in [0.25, 0.3) is 0 Å². The van der Waals surface area contributed by atoms with Gasteiger partial charge in [0, 0.05) is 12.4 Å². The van der Waals surface area contributed by atoms with Crippen LogP contribution >= 0.6 is 0 Å². The highest BCUT2D eigenvalue weighted by Gasteiger charge is 2.22. The van der Waals surface area contributed by atoms with Gasteiger partial charge in [0.15, 0.2) is 0 Å². The van der Waals surface area contributed by atoms with Crippen molar-refractivity contribution in [2.45, 2.75) is 0 Å². The zero-order valence-electron chi connectivity index (χ0n) is 6.68. The largest absolute Gasteiger partial charge is 0.323 e. The summed E-state index contributed by atoms with van der Waals surface area (Å²) in [4.78, 5) is 22.9. The van der Waals surface area contributed by atoms with Crippen molar-refractivity contribution in [3.8, 4) is 0 Å². The molecule has 0 saturated carbocycles. The van der Waals surface area contributed by atoms with Crippen LogP contribution in [0, 0.1) is 0 Å². The first-order valence-electron chi connectivity index (χ1n) is 3.88. The molecule has 0 N–H and O–H groups in total. The van der Waals surface area contributed by atoms with Crippen molar-refractivity contribution >= 4 is 18.5 Å². The third kappa shape index (κ3) is 1.17. The van der Waals surface area contributed by atoms with Crippen LogP contribution in [0.2, 0.25) is 0 Å². The van der Waals surface area contributed by atoms with E-state index >= 15 is 0 Å². The van der Waals surface area contributed by atoms with E-state index in [4.69, 9.17) is 0 Å². The molecule has 0 atom stereocenters. The van der Waals surface area contributed by atoms with Crippen LogP contribution in [0.3, 0.4) is 0 Å². The molecule has 0 saturated heterocycles. The van der Waals surface area contributed by atoms with Gasteiger partial charge in [-0.25, -0.2) is 4.79 Å². The van der Waals surface area contributed by atoms with E-state index in [1.165, 1.54) is 0 Å². The van der Waals surface area contributed by atoms with Gasteiger partial charge in [-0.05, 0) is 0 Å². The Bertz CT molecular complexity index is 208. The second-order valence-electron chi connectivity index (χ2n) is 2.74. The molecule has 2 aliphatic heterocycles. The van der Waals surface area contributed by atoms with Crippen molar-refractivity contribution in [3.63, 3.8) is 0 Å². The van der Waals surface area contributed by atoms with E-state index in [0.29, 0.717) is 26.4 Å². The highest BCUT2D eigenvalue weighted by atomic mass is 16.2. The molecule has 0 fully saturated rings. The van der Waals surface area contributed by atoms with Crippen LogP contribution in [0.1, 0.15) is 0 Å². The Labute approximate surface area is 70.4 Å². The Morgan fingerprint density at radius 3 is 1.92 bits per heavy atom. The minimum absolute atomic E-state index is 0.0324. The highest BCUT2D eigenvalue weighted by molar-refractivity contribution is 5.82. The number of nitrogens with zero attached hydrogens (tertiary/aromatic N) is 4. The quantitative estimate of drug-likeness (QED) is 0.491. The van der Waals surface area contributed by atoms with E-state index in [9.17, 15) is 4.79 Å². The molecule has 2 heterocycles. The first-order valence-corrected chi connectivity index (χ1v) is 3.88. The molecule has 2 amide bonds. The number of hydrogen-bond donors (Lipinski definition) is 0. The predicted octanol–water partition coefficient (Wildman–Crippen LogP) is -0.206. The van der Waals surface area contributed by atoms with Gasteiger partial charge in [-0.2, -0.15) is 0 Å². The van der Waals surface area contributed by atoms with Gasteiger partial charge >= 0.3 is 6.03 Å². The van der Waals surface area contributed by atoms with Crippen LogP contribution < -0.4 is 0 Å². The Kier molecular flexibility index (Phi) is 1.77. The SMILES string of the molecule is O=C(N1CC=NC1)N1CC=NC1. The van der Waals surface area contributed by atoms with Crippen LogP contribution in [-0.2, 0) is 0 Å². The summed E-state index contributed by atoms with van der Waals surface area (Å²) in [6, 6.07) is 0.0324. The minimum Gasteiger partial charge on any atom is -0.300 e. The first-order chi connectivity index (χ1) is 5.88. The second kappa shape index (κ2) is 2.92. The van der Waals surface area contributed by atoms with E-state index in [0.717, 1.165) is 0 Å². The number of amides is 2. The predicted molar refractivity (Wildman–Crippen MR) is 45.5 cm³/mol. The summed E-state index contributed by atoms with van der Waals surface area (Å²) in [6.45, 7) is 2.26. The molecular weight excluding hydrogens is 156 g/mol. The third-order valence-corrected chi connectivity index (χ3v) is 1.91. The van der Waals surface area contributed by atoms with Crippen molar-refractivity contribution in [2.75, 3.05) is 26.4 Å². The van der Waals surface area contributed by atoms with Gasteiger partial charge in [-0.15, -0.1) is 0 Å². The summed E-state index contributed by atoms with van der Waals surface area (Å²) >= 11 is 0. The summed E-state index contributed by atoms with van der Waals surface area (Å²) in [5, 5.41) is 0. The van der Waals surface area contributed by atoms with E-state index < -0.39 is 0 Å². The molecule has 64 valence electrons. The first kappa shape index (κ1) is 7.27. The van der Waals surface area contributed by atoms with Crippen molar-refractivity contribution in [1.82, 2.24) is 9.80 Å². The monoisotopic (exact) mass is 166 g/mol. The molecule has 0 aromatic rings. The van der Waals surface area contributed by atoms with Gasteiger partial charge in [-0.1, -0.05) is 0 Å². The smallest absolute Gasteiger partial charge is 0.300 e. The van der Waals surface area contributed by atoms with E-state index in [1.54, 1.807) is 22.2 Å². The van der Waals surface area contributed by atoms with Gasteiger partial charge in [0.25, 0.3) is 0 Å². The van der Waals surface area contributed by atoms with Crippen molar-refractivity contribution in [2.24, 2.45) is 9.98 Å². The molecule has 0 aromatic carbocycles. The van der Waals surface area contributed by atoms with Gasteiger partial charge in [0.2, 0.25) is 0 Å². The molecule has 0 radical (unpaired) electrons. The Hall–Kier alpha value is -1.39. The maximum absolute atomic E-state index is 11.5. The van der Waals surface area contributed by atoms with Crippen LogP contribution in [0.15, 0.2) is 9.98 Å². The lowest BCUT2D eigenvalue weighted by Crippen LogP contribution is -2.41. The van der Waals surface area contributed by atoms with Crippen LogP contribution in [0.5, 0.6) is 0 Å². The topological polar surface area (TPSA) is 48.3 Å². The molecule has 2 aliphatic rings. The average Bonchev–Trinajstić information content (AvgIpc) is 2.77. The lowest BCUT2D eigenvalue weighted by Gasteiger charge is -2.21. The third-order valence-electron chi connectivity index (χ3n) is 1.91. The Balaban J connectivity index is 1.91. The summed E-state index contributed by atoms with van der Waals surface area (Å²) in [5.41, 5.74) is 0. The maximum atomic E-state index is 11.5. The zero-order chi connectivity index (χ0) is 8.39. The summed E-state index contributed by atoms with van der Waals surface area (Å²) in [7, 11) is 0. The number of carbonyl (C=O) groups excluding carboxylic acids is 1. The molecular formula is C7H10N4O. The van der Waals surface area contributed by atoms with Crippen LogP contribution in [-0.4, -0.2) is 54.7 Å². The lowest BCUT2D eigenvalue weighted by atomic mass is 10.6. The lowest BCUT2D eigenvalue weighted by molar-refractivity contribution is 0.174. The Morgan fingerprint density at radius 1 is 1.08 bits per heavy atom. The fourth-order valence-electron chi connectivity index (χ4n) is 1.22. The molecule has 0 spiro atoms. The average molecular weight is 166 g/mol. The molecule has 2 rings (SSSR count). The van der Waals surface area contributed by atoms with E-state index in [2.05, 4.69) is 9.98 Å². The summed E-state index contributed by atoms with van der Waals surface area (Å²) < 4.78 is 0. The molecule has 5 nitrogen and oxygen atoms in total. The van der Waals surface area contributed by atoms with Crippen molar-refractivity contribution in [1.29, 1.82) is 0 Å². The number of aliphatic imine (C=N–C) groups is 2. The Morgan fingerprint density at radius 2 is 1.58 bits per heavy atom. The maximum Gasteiger partial charge on any atom is 0.323 e. The number of rotatable bonds is 0. The number of carbonyl (C=O) groups is 1. The minimum atomic E-state index is 0.0324. The van der Waals surface area contributed by atoms with Gasteiger partial charge < -0.3 is 0 Å². The molecule has 0 aromatic heterocycles. The van der Waals surface area contributed by atoms with Gasteiger partial charge in [-0.3, -0.25) is 19.8 Å².